The van der Waals surface area contributed by atoms with Crippen molar-refractivity contribution in [3.8, 4) is 17.0 Å². The first-order chi connectivity index (χ1) is 11.3. The van der Waals surface area contributed by atoms with E-state index in [0.717, 1.165) is 22.7 Å². The van der Waals surface area contributed by atoms with E-state index in [2.05, 4.69) is 25.6 Å². The van der Waals surface area contributed by atoms with Gasteiger partial charge >= 0.3 is 0 Å². The van der Waals surface area contributed by atoms with Gasteiger partial charge in [0, 0.05) is 42.8 Å². The lowest BCUT2D eigenvalue weighted by Crippen LogP contribution is -2.02. The van der Waals surface area contributed by atoms with Crippen LogP contribution in [0.25, 0.3) is 11.3 Å². The highest BCUT2D eigenvalue weighted by molar-refractivity contribution is 5.67. The van der Waals surface area contributed by atoms with Gasteiger partial charge in [-0.1, -0.05) is 6.07 Å². The average Bonchev–Trinajstić information content (AvgIpc) is 2.62. The maximum atomic E-state index is 5.24. The summed E-state index contributed by atoms with van der Waals surface area (Å²) in [7, 11) is 3.43. The molecule has 1 aromatic carbocycles. The number of hydrogen-bond acceptors (Lipinski definition) is 6. The second-order valence-corrected chi connectivity index (χ2v) is 4.81. The van der Waals surface area contributed by atoms with E-state index in [1.165, 1.54) is 0 Å². The molecule has 6 heteroatoms. The summed E-state index contributed by atoms with van der Waals surface area (Å²) >= 11 is 0. The van der Waals surface area contributed by atoms with Crippen LogP contribution in [-0.2, 0) is 0 Å². The van der Waals surface area contributed by atoms with Crippen LogP contribution in [0.15, 0.2) is 54.9 Å². The van der Waals surface area contributed by atoms with Gasteiger partial charge in [-0.05, 0) is 24.3 Å². The highest BCUT2D eigenvalue weighted by Gasteiger charge is 2.07. The van der Waals surface area contributed by atoms with Crippen LogP contribution in [0.4, 0.5) is 17.5 Å². The van der Waals surface area contributed by atoms with Crippen molar-refractivity contribution >= 4 is 17.5 Å². The summed E-state index contributed by atoms with van der Waals surface area (Å²) in [5, 5.41) is 6.25. The third kappa shape index (κ3) is 3.55. The minimum absolute atomic E-state index is 0.539. The van der Waals surface area contributed by atoms with Crippen molar-refractivity contribution < 1.29 is 4.74 Å². The first-order valence-electron chi connectivity index (χ1n) is 7.17. The van der Waals surface area contributed by atoms with Gasteiger partial charge < -0.3 is 15.4 Å². The van der Waals surface area contributed by atoms with Gasteiger partial charge in [0.2, 0.25) is 5.95 Å². The molecule has 0 atom stereocenters. The predicted molar refractivity (Wildman–Crippen MR) is 91.1 cm³/mol. The number of anilines is 3. The first kappa shape index (κ1) is 14.8. The fourth-order valence-corrected chi connectivity index (χ4v) is 2.13. The lowest BCUT2D eigenvalue weighted by Gasteiger charge is -2.10. The van der Waals surface area contributed by atoms with Crippen LogP contribution in [-0.4, -0.2) is 29.1 Å². The quantitative estimate of drug-likeness (QED) is 0.753. The van der Waals surface area contributed by atoms with Crippen molar-refractivity contribution in [1.29, 1.82) is 0 Å². The smallest absolute Gasteiger partial charge is 0.224 e. The number of aromatic nitrogens is 3. The van der Waals surface area contributed by atoms with Crippen molar-refractivity contribution in [1.82, 2.24) is 15.0 Å². The lowest BCUT2D eigenvalue weighted by molar-refractivity contribution is 0.415. The Labute approximate surface area is 134 Å². The SMILES string of the molecule is CNc1nc(Nc2cccc(OC)c2)cc(-c2cccnc2)n1. The van der Waals surface area contributed by atoms with Crippen molar-refractivity contribution in [2.45, 2.75) is 0 Å². The molecule has 23 heavy (non-hydrogen) atoms. The first-order valence-corrected chi connectivity index (χ1v) is 7.17. The molecule has 3 rings (SSSR count). The summed E-state index contributed by atoms with van der Waals surface area (Å²) in [4.78, 5) is 13.0. The Bertz CT molecular complexity index is 792. The minimum atomic E-state index is 0.539. The van der Waals surface area contributed by atoms with Gasteiger partial charge in [-0.2, -0.15) is 4.98 Å². The van der Waals surface area contributed by atoms with Gasteiger partial charge in [0.25, 0.3) is 0 Å². The van der Waals surface area contributed by atoms with Crippen LogP contribution in [0.2, 0.25) is 0 Å². The zero-order chi connectivity index (χ0) is 16.1. The Morgan fingerprint density at radius 2 is 1.96 bits per heavy atom. The van der Waals surface area contributed by atoms with E-state index in [1.54, 1.807) is 26.6 Å². The average molecular weight is 307 g/mol. The van der Waals surface area contributed by atoms with E-state index in [0.29, 0.717) is 11.8 Å². The van der Waals surface area contributed by atoms with E-state index < -0.39 is 0 Å². The standard InChI is InChI=1S/C17H17N5O/c1-18-17-21-15(12-5-4-8-19-11-12)10-16(22-17)20-13-6-3-7-14(9-13)23-2/h3-11H,1-2H3,(H2,18,20,21,22). The van der Waals surface area contributed by atoms with Crippen LogP contribution >= 0.6 is 0 Å². The van der Waals surface area contributed by atoms with E-state index in [4.69, 9.17) is 4.74 Å². The molecule has 3 aromatic rings. The number of nitrogens with one attached hydrogen (secondary N) is 2. The van der Waals surface area contributed by atoms with Crippen LogP contribution in [0.3, 0.4) is 0 Å². The third-order valence-electron chi connectivity index (χ3n) is 3.25. The maximum absolute atomic E-state index is 5.24. The van der Waals surface area contributed by atoms with E-state index in [9.17, 15) is 0 Å². The molecule has 0 saturated carbocycles. The number of methoxy groups -OCH3 is 1. The summed E-state index contributed by atoms with van der Waals surface area (Å²) in [6.45, 7) is 0. The van der Waals surface area contributed by atoms with Crippen molar-refractivity contribution in [3.63, 3.8) is 0 Å². The Balaban J connectivity index is 1.95. The molecule has 2 heterocycles. The Morgan fingerprint density at radius 1 is 1.04 bits per heavy atom. The van der Waals surface area contributed by atoms with Crippen LogP contribution in [0.5, 0.6) is 5.75 Å². The molecule has 0 radical (unpaired) electrons. The lowest BCUT2D eigenvalue weighted by atomic mass is 10.2. The normalized spacial score (nSPS) is 10.2. The zero-order valence-electron chi connectivity index (χ0n) is 12.9. The highest BCUT2D eigenvalue weighted by atomic mass is 16.5. The van der Waals surface area contributed by atoms with Gasteiger partial charge in [0.1, 0.15) is 11.6 Å². The molecule has 2 N–H and O–H groups in total. The second kappa shape index (κ2) is 6.74. The van der Waals surface area contributed by atoms with Gasteiger partial charge in [-0.15, -0.1) is 0 Å². The van der Waals surface area contributed by atoms with Crippen molar-refractivity contribution in [2.75, 3.05) is 24.8 Å². The molecule has 0 saturated heterocycles. The van der Waals surface area contributed by atoms with E-state index in [1.807, 2.05) is 42.5 Å². The molecule has 2 aromatic heterocycles. The Morgan fingerprint density at radius 3 is 2.70 bits per heavy atom. The minimum Gasteiger partial charge on any atom is -0.497 e. The molecule has 0 aliphatic heterocycles. The molecule has 0 fully saturated rings. The number of ether oxygens (including phenoxy) is 1. The molecule has 0 unspecified atom stereocenters. The summed E-state index contributed by atoms with van der Waals surface area (Å²) in [6.07, 6.45) is 3.51. The molecule has 0 aliphatic carbocycles. The van der Waals surface area contributed by atoms with E-state index in [-0.39, 0.29) is 0 Å². The fourth-order valence-electron chi connectivity index (χ4n) is 2.13. The highest BCUT2D eigenvalue weighted by Crippen LogP contribution is 2.24. The number of hydrogen-bond donors (Lipinski definition) is 2. The summed E-state index contributed by atoms with van der Waals surface area (Å²) in [5.41, 5.74) is 2.62. The second-order valence-electron chi connectivity index (χ2n) is 4.81. The fraction of sp³-hybridized carbons (Fsp3) is 0.118. The molecular formula is C17H17N5O. The molecule has 0 amide bonds. The largest absolute Gasteiger partial charge is 0.497 e. The molecule has 0 spiro atoms. The van der Waals surface area contributed by atoms with E-state index >= 15 is 0 Å². The Kier molecular flexibility index (Phi) is 4.33. The van der Waals surface area contributed by atoms with Crippen LogP contribution < -0.4 is 15.4 Å². The molecule has 0 bridgehead atoms. The van der Waals surface area contributed by atoms with Gasteiger partial charge in [-0.3, -0.25) is 4.98 Å². The number of pyridine rings is 1. The topological polar surface area (TPSA) is 72.0 Å². The summed E-state index contributed by atoms with van der Waals surface area (Å²) in [5.74, 6) is 2.01. The van der Waals surface area contributed by atoms with Crippen LogP contribution in [0, 0.1) is 0 Å². The molecule has 116 valence electrons. The number of nitrogens with zero attached hydrogens (tertiary/aromatic N) is 3. The molecule has 0 aliphatic rings. The number of rotatable bonds is 5. The monoisotopic (exact) mass is 307 g/mol. The van der Waals surface area contributed by atoms with Gasteiger partial charge in [0.05, 0.1) is 12.8 Å². The summed E-state index contributed by atoms with van der Waals surface area (Å²) in [6, 6.07) is 13.4. The van der Waals surface area contributed by atoms with Crippen LogP contribution in [0.1, 0.15) is 0 Å². The summed E-state index contributed by atoms with van der Waals surface area (Å²) < 4.78 is 5.24. The molecular weight excluding hydrogens is 290 g/mol. The zero-order valence-corrected chi connectivity index (χ0v) is 12.9. The predicted octanol–water partition coefficient (Wildman–Crippen LogP) is 3.33. The van der Waals surface area contributed by atoms with Gasteiger partial charge in [0.15, 0.2) is 0 Å². The van der Waals surface area contributed by atoms with Gasteiger partial charge in [-0.25, -0.2) is 4.98 Å². The maximum Gasteiger partial charge on any atom is 0.224 e. The van der Waals surface area contributed by atoms with Crippen molar-refractivity contribution in [2.24, 2.45) is 0 Å². The third-order valence-corrected chi connectivity index (χ3v) is 3.25. The molecule has 6 nitrogen and oxygen atoms in total. The number of benzene rings is 1. The van der Waals surface area contributed by atoms with Crippen molar-refractivity contribution in [3.05, 3.63) is 54.9 Å². The Hall–Kier alpha value is -3.15.